The zero-order valence-electron chi connectivity index (χ0n) is 11.5. The molecule has 0 aliphatic heterocycles. The first-order valence-electron chi connectivity index (χ1n) is 7.13. The number of phenols is 3. The smallest absolute Gasteiger partial charge is 0.271 e. The lowest BCUT2D eigenvalue weighted by atomic mass is 9.90. The molecule has 3 atom stereocenters. The normalized spacial score (nSPS) is 27.3. The maximum Gasteiger partial charge on any atom is 0.271 e. The van der Waals surface area contributed by atoms with E-state index in [9.17, 15) is 20.1 Å². The van der Waals surface area contributed by atoms with Gasteiger partial charge in [-0.05, 0) is 49.1 Å². The minimum atomic E-state index is -0.642. The van der Waals surface area contributed by atoms with Gasteiger partial charge in [-0.25, -0.2) is 5.43 Å². The molecule has 0 radical (unpaired) electrons. The van der Waals surface area contributed by atoms with Gasteiger partial charge in [-0.15, -0.1) is 0 Å². The Morgan fingerprint density at radius 2 is 1.90 bits per heavy atom. The van der Waals surface area contributed by atoms with Crippen LogP contribution in [0.2, 0.25) is 0 Å². The third-order valence-corrected chi connectivity index (χ3v) is 4.56. The molecule has 0 spiro atoms. The van der Waals surface area contributed by atoms with Crippen molar-refractivity contribution in [2.45, 2.75) is 25.7 Å². The molecule has 1 aromatic carbocycles. The second kappa shape index (κ2) is 5.27. The van der Waals surface area contributed by atoms with Crippen LogP contribution in [0.3, 0.4) is 0 Å². The average molecular weight is 290 g/mol. The fourth-order valence-corrected chi connectivity index (χ4v) is 3.47. The van der Waals surface area contributed by atoms with E-state index in [0.29, 0.717) is 11.8 Å². The van der Waals surface area contributed by atoms with Gasteiger partial charge in [0.2, 0.25) is 0 Å². The average Bonchev–Trinajstić information content (AvgIpc) is 3.06. The number of nitrogens with one attached hydrogen (secondary N) is 1. The molecular formula is C15H18N2O4. The van der Waals surface area contributed by atoms with Crippen LogP contribution in [0.5, 0.6) is 17.2 Å². The summed E-state index contributed by atoms with van der Waals surface area (Å²) < 4.78 is 0. The number of carbonyl (C=O) groups is 1. The van der Waals surface area contributed by atoms with Crippen LogP contribution < -0.4 is 5.43 Å². The zero-order valence-corrected chi connectivity index (χ0v) is 11.5. The van der Waals surface area contributed by atoms with Gasteiger partial charge in [-0.2, -0.15) is 5.10 Å². The van der Waals surface area contributed by atoms with E-state index in [0.717, 1.165) is 24.5 Å². The molecule has 6 heteroatoms. The molecule has 6 nitrogen and oxygen atoms in total. The third-order valence-electron chi connectivity index (χ3n) is 4.56. The maximum absolute atomic E-state index is 11.9. The molecule has 2 aliphatic rings. The van der Waals surface area contributed by atoms with E-state index in [1.807, 2.05) is 0 Å². The van der Waals surface area contributed by atoms with Crippen LogP contribution in [0.4, 0.5) is 0 Å². The molecule has 0 aromatic heterocycles. The maximum atomic E-state index is 11.9. The molecule has 21 heavy (non-hydrogen) atoms. The summed E-state index contributed by atoms with van der Waals surface area (Å²) in [4.78, 5) is 11.9. The number of hydrogen-bond acceptors (Lipinski definition) is 5. The van der Waals surface area contributed by atoms with Crippen molar-refractivity contribution < 1.29 is 20.1 Å². The molecule has 1 aromatic rings. The Labute approximate surface area is 122 Å². The number of carbonyl (C=O) groups excluding carboxylic acids is 1. The predicted molar refractivity (Wildman–Crippen MR) is 76.3 cm³/mol. The zero-order chi connectivity index (χ0) is 15.0. The van der Waals surface area contributed by atoms with E-state index < -0.39 is 23.2 Å². The van der Waals surface area contributed by atoms with Gasteiger partial charge in [0, 0.05) is 11.8 Å². The van der Waals surface area contributed by atoms with Gasteiger partial charge in [0.05, 0.1) is 0 Å². The second-order valence-electron chi connectivity index (χ2n) is 5.92. The Kier molecular flexibility index (Phi) is 3.45. The molecule has 1 amide bonds. The van der Waals surface area contributed by atoms with Gasteiger partial charge < -0.3 is 15.3 Å². The Balaban J connectivity index is 1.61. The quantitative estimate of drug-likeness (QED) is 0.388. The molecule has 2 aliphatic carbocycles. The number of phenolic OH excluding ortho intramolecular Hbond substituents is 3. The van der Waals surface area contributed by atoms with Crippen LogP contribution in [0, 0.1) is 17.8 Å². The van der Waals surface area contributed by atoms with Crippen molar-refractivity contribution in [1.29, 1.82) is 0 Å². The molecule has 112 valence electrons. The summed E-state index contributed by atoms with van der Waals surface area (Å²) in [5.74, 6) is -0.331. The van der Waals surface area contributed by atoms with Crippen molar-refractivity contribution in [3.63, 3.8) is 0 Å². The number of amides is 1. The number of nitrogens with zero attached hydrogens (tertiary/aromatic N) is 1. The summed E-state index contributed by atoms with van der Waals surface area (Å²) >= 11 is 0. The summed E-state index contributed by atoms with van der Waals surface area (Å²) in [5, 5.41) is 32.0. The van der Waals surface area contributed by atoms with Crippen molar-refractivity contribution in [2.75, 3.05) is 0 Å². The summed E-state index contributed by atoms with van der Waals surface area (Å²) in [6.45, 7) is 0. The van der Waals surface area contributed by atoms with Crippen LogP contribution >= 0.6 is 0 Å². The van der Waals surface area contributed by atoms with Crippen LogP contribution in [-0.2, 0) is 0 Å². The monoisotopic (exact) mass is 290 g/mol. The van der Waals surface area contributed by atoms with Crippen molar-refractivity contribution in [3.05, 3.63) is 17.7 Å². The number of hydrogen-bond donors (Lipinski definition) is 4. The van der Waals surface area contributed by atoms with Gasteiger partial charge in [-0.1, -0.05) is 6.42 Å². The van der Waals surface area contributed by atoms with Gasteiger partial charge >= 0.3 is 0 Å². The highest BCUT2D eigenvalue weighted by Gasteiger charge is 2.38. The number of benzene rings is 1. The Bertz CT molecular complexity index is 576. The van der Waals surface area contributed by atoms with Gasteiger partial charge in [-0.3, -0.25) is 4.79 Å². The standard InChI is InChI=1S/C15H18N2O4/c18-12-5-10(6-13(19)14(12)20)15(21)17-16-7-11-4-8-1-2-9(11)3-8/h5-9,11,18-20H,1-4H2,(H,17,21)/b16-7-/t8-,9+,11+/m0/s1. The summed E-state index contributed by atoms with van der Waals surface area (Å²) in [6, 6.07) is 2.16. The van der Waals surface area contributed by atoms with Crippen molar-refractivity contribution in [2.24, 2.45) is 22.9 Å². The molecular weight excluding hydrogens is 272 g/mol. The lowest BCUT2D eigenvalue weighted by Gasteiger charge is -2.16. The Hall–Kier alpha value is -2.24. The summed E-state index contributed by atoms with van der Waals surface area (Å²) in [6.07, 6.45) is 6.76. The van der Waals surface area contributed by atoms with Gasteiger partial charge in [0.25, 0.3) is 5.91 Å². The van der Waals surface area contributed by atoms with Gasteiger partial charge in [0.1, 0.15) is 0 Å². The van der Waals surface area contributed by atoms with Crippen molar-refractivity contribution >= 4 is 12.1 Å². The fourth-order valence-electron chi connectivity index (χ4n) is 3.47. The van der Waals surface area contributed by atoms with E-state index in [2.05, 4.69) is 10.5 Å². The number of aromatic hydroxyl groups is 3. The van der Waals surface area contributed by atoms with Crippen LogP contribution in [-0.4, -0.2) is 27.4 Å². The number of fused-ring (bicyclic) bond motifs is 2. The Morgan fingerprint density at radius 3 is 2.48 bits per heavy atom. The van der Waals surface area contributed by atoms with Gasteiger partial charge in [0.15, 0.2) is 17.2 Å². The molecule has 4 N–H and O–H groups in total. The molecule has 2 saturated carbocycles. The highest BCUT2D eigenvalue weighted by Crippen LogP contribution is 2.47. The topological polar surface area (TPSA) is 102 Å². The van der Waals surface area contributed by atoms with E-state index in [1.54, 1.807) is 6.21 Å². The lowest BCUT2D eigenvalue weighted by molar-refractivity contribution is 0.0954. The van der Waals surface area contributed by atoms with E-state index >= 15 is 0 Å². The highest BCUT2D eigenvalue weighted by atomic mass is 16.3. The van der Waals surface area contributed by atoms with Crippen LogP contribution in [0.25, 0.3) is 0 Å². The second-order valence-corrected chi connectivity index (χ2v) is 5.92. The van der Waals surface area contributed by atoms with Crippen molar-refractivity contribution in [3.8, 4) is 17.2 Å². The largest absolute Gasteiger partial charge is 0.504 e. The molecule has 0 saturated heterocycles. The molecule has 3 rings (SSSR count). The van der Waals surface area contributed by atoms with E-state index in [-0.39, 0.29) is 5.56 Å². The van der Waals surface area contributed by atoms with Crippen LogP contribution in [0.1, 0.15) is 36.0 Å². The summed E-state index contributed by atoms with van der Waals surface area (Å²) in [7, 11) is 0. The van der Waals surface area contributed by atoms with Crippen LogP contribution in [0.15, 0.2) is 17.2 Å². The highest BCUT2D eigenvalue weighted by molar-refractivity contribution is 5.95. The molecule has 0 heterocycles. The van der Waals surface area contributed by atoms with E-state index in [1.165, 1.54) is 19.3 Å². The minimum Gasteiger partial charge on any atom is -0.504 e. The first-order valence-corrected chi connectivity index (χ1v) is 7.13. The fraction of sp³-hybridized carbons (Fsp3) is 0.467. The van der Waals surface area contributed by atoms with E-state index in [4.69, 9.17) is 0 Å². The predicted octanol–water partition coefficient (Wildman–Crippen LogP) is 1.96. The first-order chi connectivity index (χ1) is 10.0. The minimum absolute atomic E-state index is 0.0351. The van der Waals surface area contributed by atoms with Crippen molar-refractivity contribution in [1.82, 2.24) is 5.43 Å². The molecule has 2 bridgehead atoms. The molecule has 2 fully saturated rings. The molecule has 0 unspecified atom stereocenters. The Morgan fingerprint density at radius 1 is 1.19 bits per heavy atom. The number of hydrazone groups is 1. The SMILES string of the molecule is O=C(N/N=C\[C@H]1C[C@H]2CC[C@@H]1C2)c1cc(O)c(O)c(O)c1. The third kappa shape index (κ3) is 2.66. The number of rotatable bonds is 3. The first kappa shape index (κ1) is 13.7. The summed E-state index contributed by atoms with van der Waals surface area (Å²) in [5.41, 5.74) is 2.42. The lowest BCUT2D eigenvalue weighted by Crippen LogP contribution is -2.20.